The van der Waals surface area contributed by atoms with Gasteiger partial charge in [-0.15, -0.1) is 0 Å². The molecule has 4 nitrogen and oxygen atoms in total. The molecule has 2 saturated heterocycles. The molecule has 19 heavy (non-hydrogen) atoms. The molecule has 2 radical (unpaired) electrons. The first-order valence-corrected chi connectivity index (χ1v) is 6.77. The van der Waals surface area contributed by atoms with E-state index in [4.69, 9.17) is 0 Å². The molecule has 1 spiro atoms. The van der Waals surface area contributed by atoms with Crippen molar-refractivity contribution in [1.29, 1.82) is 0 Å². The minimum atomic E-state index is -0.187. The van der Waals surface area contributed by atoms with Gasteiger partial charge in [-0.25, -0.2) is 0 Å². The highest BCUT2D eigenvalue weighted by molar-refractivity contribution is 5.82. The standard InChI is InChI=1S/C15H19N3O/c1-17-9-7-15(8-10-17)16-11-14(19)18(15)12-13-5-3-2-4-6-13/h2-5,12,16H,7-11H2,1H3. The summed E-state index contributed by atoms with van der Waals surface area (Å²) in [6.45, 7) is 4.41. The Labute approximate surface area is 114 Å². The van der Waals surface area contributed by atoms with E-state index in [0.717, 1.165) is 31.5 Å². The lowest BCUT2D eigenvalue weighted by molar-refractivity contribution is -0.129. The van der Waals surface area contributed by atoms with E-state index in [9.17, 15) is 4.79 Å². The van der Waals surface area contributed by atoms with Crippen LogP contribution in [-0.4, -0.2) is 48.1 Å². The van der Waals surface area contributed by atoms with E-state index in [0.29, 0.717) is 6.54 Å². The Balaban J connectivity index is 1.79. The molecule has 0 aromatic heterocycles. The molecule has 1 aromatic carbocycles. The summed E-state index contributed by atoms with van der Waals surface area (Å²) in [6.07, 6.45) is 1.94. The molecule has 0 atom stereocenters. The number of carbonyl (C=O) groups is 1. The topological polar surface area (TPSA) is 35.6 Å². The fourth-order valence-electron chi connectivity index (χ4n) is 2.88. The summed E-state index contributed by atoms with van der Waals surface area (Å²) in [5.41, 5.74) is 0.769. The van der Waals surface area contributed by atoms with Crippen LogP contribution in [0.2, 0.25) is 0 Å². The molecule has 0 saturated carbocycles. The van der Waals surface area contributed by atoms with Gasteiger partial charge < -0.3 is 9.80 Å². The molecule has 2 aliphatic heterocycles. The van der Waals surface area contributed by atoms with Gasteiger partial charge in [0.25, 0.3) is 0 Å². The third-order valence-electron chi connectivity index (χ3n) is 4.11. The van der Waals surface area contributed by atoms with E-state index in [1.54, 1.807) is 0 Å². The Morgan fingerprint density at radius 1 is 1.37 bits per heavy atom. The van der Waals surface area contributed by atoms with Crippen molar-refractivity contribution in [3.63, 3.8) is 0 Å². The maximum Gasteiger partial charge on any atom is 0.238 e. The van der Waals surface area contributed by atoms with Crippen LogP contribution in [0.1, 0.15) is 18.4 Å². The number of amides is 1. The number of nitrogens with one attached hydrogen (secondary N) is 1. The van der Waals surface area contributed by atoms with Crippen LogP contribution in [0.25, 0.3) is 0 Å². The van der Waals surface area contributed by atoms with Crippen LogP contribution in [0.4, 0.5) is 0 Å². The van der Waals surface area contributed by atoms with Crippen LogP contribution in [0.15, 0.2) is 24.3 Å². The second kappa shape index (κ2) is 4.94. The first-order valence-electron chi connectivity index (χ1n) is 6.77. The van der Waals surface area contributed by atoms with Gasteiger partial charge in [0.2, 0.25) is 5.91 Å². The molecule has 0 unspecified atom stereocenters. The van der Waals surface area contributed by atoms with Crippen LogP contribution in [-0.2, 0) is 4.79 Å². The molecule has 2 heterocycles. The smallest absolute Gasteiger partial charge is 0.238 e. The Bertz CT molecular complexity index is 452. The first-order chi connectivity index (χ1) is 9.20. The molecule has 1 N–H and O–H groups in total. The van der Waals surface area contributed by atoms with Crippen molar-refractivity contribution in [2.75, 3.05) is 26.7 Å². The third kappa shape index (κ3) is 2.38. The summed E-state index contributed by atoms with van der Waals surface area (Å²) in [5.74, 6) is 0.154. The summed E-state index contributed by atoms with van der Waals surface area (Å²) < 4.78 is 0. The lowest BCUT2D eigenvalue weighted by atomic mass is 9.96. The zero-order valence-electron chi connectivity index (χ0n) is 11.2. The molecule has 0 aliphatic carbocycles. The quantitative estimate of drug-likeness (QED) is 0.853. The lowest BCUT2D eigenvalue weighted by Gasteiger charge is -2.43. The third-order valence-corrected chi connectivity index (χ3v) is 4.11. The zero-order valence-corrected chi connectivity index (χ0v) is 11.2. The number of piperidine rings is 1. The molecule has 2 fully saturated rings. The molecule has 1 amide bonds. The van der Waals surface area contributed by atoms with Gasteiger partial charge in [-0.2, -0.15) is 0 Å². The van der Waals surface area contributed by atoms with Gasteiger partial charge in [0.15, 0.2) is 0 Å². The molecular weight excluding hydrogens is 238 g/mol. The highest BCUT2D eigenvalue weighted by atomic mass is 16.2. The zero-order chi connectivity index (χ0) is 13.3. The van der Waals surface area contributed by atoms with Gasteiger partial charge in [-0.3, -0.25) is 10.1 Å². The van der Waals surface area contributed by atoms with E-state index in [-0.39, 0.29) is 11.6 Å². The predicted molar refractivity (Wildman–Crippen MR) is 73.0 cm³/mol. The van der Waals surface area contributed by atoms with Crippen LogP contribution in [0.3, 0.4) is 0 Å². The van der Waals surface area contributed by atoms with Crippen LogP contribution >= 0.6 is 0 Å². The monoisotopic (exact) mass is 257 g/mol. The number of rotatable bonds is 2. The molecule has 2 aliphatic rings. The van der Waals surface area contributed by atoms with Crippen molar-refractivity contribution < 1.29 is 4.79 Å². The summed E-state index contributed by atoms with van der Waals surface area (Å²) in [4.78, 5) is 16.3. The summed E-state index contributed by atoms with van der Waals surface area (Å²) >= 11 is 0. The van der Waals surface area contributed by atoms with Crippen molar-refractivity contribution in [2.24, 2.45) is 0 Å². The maximum atomic E-state index is 12.1. The highest BCUT2D eigenvalue weighted by Crippen LogP contribution is 2.31. The molecule has 4 heteroatoms. The molecular formula is C15H19N3O. The largest absolute Gasteiger partial charge is 0.314 e. The minimum absolute atomic E-state index is 0.154. The van der Waals surface area contributed by atoms with Crippen molar-refractivity contribution in [3.05, 3.63) is 42.4 Å². The van der Waals surface area contributed by atoms with E-state index < -0.39 is 0 Å². The van der Waals surface area contributed by atoms with Gasteiger partial charge in [0, 0.05) is 13.1 Å². The van der Waals surface area contributed by atoms with Crippen molar-refractivity contribution in [3.8, 4) is 0 Å². The van der Waals surface area contributed by atoms with E-state index in [1.807, 2.05) is 35.7 Å². The van der Waals surface area contributed by atoms with Crippen LogP contribution in [0.5, 0.6) is 0 Å². The summed E-state index contributed by atoms with van der Waals surface area (Å²) in [7, 11) is 2.13. The van der Waals surface area contributed by atoms with E-state index in [1.165, 1.54) is 0 Å². The number of carbonyl (C=O) groups excluding carboxylic acids is 1. The van der Waals surface area contributed by atoms with Crippen molar-refractivity contribution >= 4 is 5.91 Å². The lowest BCUT2D eigenvalue weighted by Crippen LogP contribution is -2.57. The van der Waals surface area contributed by atoms with E-state index >= 15 is 0 Å². The normalized spacial score (nSPS) is 23.2. The fraction of sp³-hybridized carbons (Fsp3) is 0.467. The Morgan fingerprint density at radius 2 is 2.16 bits per heavy atom. The first kappa shape index (κ1) is 12.6. The predicted octanol–water partition coefficient (Wildman–Crippen LogP) is 0.850. The Morgan fingerprint density at radius 3 is 2.84 bits per heavy atom. The van der Waals surface area contributed by atoms with Crippen LogP contribution < -0.4 is 5.32 Å². The number of hydrogen-bond acceptors (Lipinski definition) is 3. The van der Waals surface area contributed by atoms with Gasteiger partial charge >= 0.3 is 0 Å². The SMILES string of the molecule is CN1CCC2(CC1)NCC(=O)N2[CH]c1[c]cccc1. The van der Waals surface area contributed by atoms with Crippen molar-refractivity contribution in [2.45, 2.75) is 18.5 Å². The minimum Gasteiger partial charge on any atom is -0.314 e. The van der Waals surface area contributed by atoms with Crippen molar-refractivity contribution in [1.82, 2.24) is 15.1 Å². The second-order valence-corrected chi connectivity index (χ2v) is 5.40. The number of benzene rings is 1. The summed E-state index contributed by atoms with van der Waals surface area (Å²) in [6, 6.07) is 10.9. The molecule has 0 bridgehead atoms. The van der Waals surface area contributed by atoms with Gasteiger partial charge in [-0.05, 0) is 31.5 Å². The second-order valence-electron chi connectivity index (χ2n) is 5.40. The number of nitrogens with zero attached hydrogens (tertiary/aromatic N) is 2. The van der Waals surface area contributed by atoms with Gasteiger partial charge in [0.1, 0.15) is 0 Å². The van der Waals surface area contributed by atoms with E-state index in [2.05, 4.69) is 23.3 Å². The molecule has 3 rings (SSSR count). The van der Waals surface area contributed by atoms with Crippen LogP contribution in [0, 0.1) is 12.6 Å². The molecule has 1 aromatic rings. The maximum absolute atomic E-state index is 12.1. The average molecular weight is 257 g/mol. The summed E-state index contributed by atoms with van der Waals surface area (Å²) in [5, 5.41) is 3.42. The average Bonchev–Trinajstić information content (AvgIpc) is 2.73. The number of hydrogen-bond donors (Lipinski definition) is 1. The molecule has 100 valence electrons. The number of likely N-dealkylation sites (tertiary alicyclic amines) is 1. The Kier molecular flexibility index (Phi) is 3.29. The highest BCUT2D eigenvalue weighted by Gasteiger charge is 2.46. The fourth-order valence-corrected chi connectivity index (χ4v) is 2.88. The Hall–Kier alpha value is -1.39. The van der Waals surface area contributed by atoms with Gasteiger partial charge in [-0.1, -0.05) is 24.3 Å². The van der Waals surface area contributed by atoms with Gasteiger partial charge in [0.05, 0.1) is 18.8 Å².